The van der Waals surface area contributed by atoms with Crippen LogP contribution in [0.5, 0.6) is 0 Å². The average molecular weight is 382 g/mol. The molecule has 27 heavy (non-hydrogen) atoms. The molecule has 0 aliphatic carbocycles. The van der Waals surface area contributed by atoms with Gasteiger partial charge >= 0.3 is 7.60 Å². The van der Waals surface area contributed by atoms with E-state index in [1.54, 1.807) is 24.3 Å². The van der Waals surface area contributed by atoms with E-state index < -0.39 is 7.60 Å². The molecule has 3 rings (SSSR count). The van der Waals surface area contributed by atoms with E-state index >= 15 is 0 Å². The second-order valence-electron chi connectivity index (χ2n) is 6.28. The fourth-order valence-electron chi connectivity index (χ4n) is 2.51. The van der Waals surface area contributed by atoms with Crippen molar-refractivity contribution in [2.75, 3.05) is 11.5 Å². The minimum atomic E-state index is -3.36. The van der Waals surface area contributed by atoms with Gasteiger partial charge in [0.1, 0.15) is 0 Å². The van der Waals surface area contributed by atoms with Crippen molar-refractivity contribution in [1.82, 2.24) is 0 Å². The van der Waals surface area contributed by atoms with Crippen LogP contribution in [0.3, 0.4) is 0 Å². The number of hydrogen-bond donors (Lipinski definition) is 2. The van der Waals surface area contributed by atoms with Crippen molar-refractivity contribution in [3.63, 3.8) is 0 Å². The monoisotopic (exact) mass is 382 g/mol. The van der Waals surface area contributed by atoms with E-state index in [0.717, 1.165) is 16.7 Å². The van der Waals surface area contributed by atoms with E-state index in [9.17, 15) is 4.57 Å². The quantitative estimate of drug-likeness (QED) is 0.424. The molecule has 0 atom stereocenters. The van der Waals surface area contributed by atoms with Crippen LogP contribution in [-0.2, 0) is 33.0 Å². The lowest BCUT2D eigenvalue weighted by atomic mass is 10.2. The van der Waals surface area contributed by atoms with Crippen LogP contribution in [0, 0.1) is 0 Å². The maximum atomic E-state index is 13.4. The van der Waals surface area contributed by atoms with Crippen LogP contribution in [0.4, 0.5) is 11.4 Å². The van der Waals surface area contributed by atoms with Crippen molar-refractivity contribution < 1.29 is 13.6 Å². The molecule has 0 amide bonds. The van der Waals surface area contributed by atoms with Crippen molar-refractivity contribution in [3.8, 4) is 0 Å². The first-order valence-electron chi connectivity index (χ1n) is 8.63. The zero-order valence-electron chi connectivity index (χ0n) is 15.0. The van der Waals surface area contributed by atoms with Crippen molar-refractivity contribution in [2.45, 2.75) is 19.4 Å². The number of benzene rings is 3. The summed E-state index contributed by atoms with van der Waals surface area (Å²) in [5.41, 5.74) is 15.4. The Hall–Kier alpha value is -2.59. The van der Waals surface area contributed by atoms with Crippen LogP contribution in [0.15, 0.2) is 78.9 Å². The number of hydrogen-bond acceptors (Lipinski definition) is 5. The highest BCUT2D eigenvalue weighted by Crippen LogP contribution is 2.52. The Morgan fingerprint density at radius 3 is 1.52 bits per heavy atom. The molecule has 0 saturated heterocycles. The largest absolute Gasteiger partial charge is 0.399 e. The van der Waals surface area contributed by atoms with E-state index in [0.29, 0.717) is 11.4 Å². The summed E-state index contributed by atoms with van der Waals surface area (Å²) in [5.74, 6) is 0. The first kappa shape index (κ1) is 19.2. The van der Waals surface area contributed by atoms with Gasteiger partial charge in [-0.25, -0.2) is 0 Å². The molecule has 5 nitrogen and oxygen atoms in total. The minimum absolute atomic E-state index is 0.187. The normalized spacial score (nSPS) is 11.4. The van der Waals surface area contributed by atoms with Crippen LogP contribution >= 0.6 is 7.60 Å². The Morgan fingerprint density at radius 1 is 0.630 bits per heavy atom. The molecule has 4 N–H and O–H groups in total. The van der Waals surface area contributed by atoms with Gasteiger partial charge in [-0.1, -0.05) is 54.6 Å². The first-order chi connectivity index (χ1) is 13.0. The third kappa shape index (κ3) is 5.97. The summed E-state index contributed by atoms with van der Waals surface area (Å²) >= 11 is 0. The van der Waals surface area contributed by atoms with Gasteiger partial charge in [-0.15, -0.1) is 0 Å². The van der Waals surface area contributed by atoms with Crippen molar-refractivity contribution in [3.05, 3.63) is 95.6 Å². The van der Waals surface area contributed by atoms with E-state index in [-0.39, 0.29) is 19.4 Å². The molecule has 6 heteroatoms. The lowest BCUT2D eigenvalue weighted by Gasteiger charge is -2.19. The molecule has 0 heterocycles. The summed E-state index contributed by atoms with van der Waals surface area (Å²) < 4.78 is 24.9. The van der Waals surface area contributed by atoms with Crippen molar-refractivity contribution in [1.29, 1.82) is 0 Å². The summed E-state index contributed by atoms with van der Waals surface area (Å²) in [6.45, 7) is 0.373. The maximum Gasteiger partial charge on any atom is 0.335 e. The number of rotatable bonds is 8. The summed E-state index contributed by atoms with van der Waals surface area (Å²) in [6, 6.07) is 24.1. The molecule has 0 spiro atoms. The molecule has 140 valence electrons. The summed E-state index contributed by atoms with van der Waals surface area (Å²) in [7, 11) is -3.36. The smallest absolute Gasteiger partial charge is 0.335 e. The standard InChI is InChI=1S/C21H23N2O3P/c22-20-10-6-17(7-11-20)14-25-27(24,16-19-4-2-1-3-5-19)26-15-18-8-12-21(23)13-9-18/h1-13H,14-16,22-23H2. The van der Waals surface area contributed by atoms with Crippen LogP contribution in [-0.4, -0.2) is 0 Å². The van der Waals surface area contributed by atoms with Crippen LogP contribution in [0.25, 0.3) is 0 Å². The third-order valence-corrected chi connectivity index (χ3v) is 5.83. The zero-order chi connectivity index (χ0) is 19.1. The Labute approximate surface area is 159 Å². The van der Waals surface area contributed by atoms with Gasteiger partial charge in [0.15, 0.2) is 0 Å². The lowest BCUT2D eigenvalue weighted by Crippen LogP contribution is -2.01. The summed E-state index contributed by atoms with van der Waals surface area (Å²) in [4.78, 5) is 0. The molecular weight excluding hydrogens is 359 g/mol. The minimum Gasteiger partial charge on any atom is -0.399 e. The molecule has 0 fully saturated rings. The molecule has 0 unspecified atom stereocenters. The maximum absolute atomic E-state index is 13.4. The number of anilines is 2. The lowest BCUT2D eigenvalue weighted by molar-refractivity contribution is 0.190. The van der Waals surface area contributed by atoms with Crippen molar-refractivity contribution in [2.24, 2.45) is 0 Å². The van der Waals surface area contributed by atoms with Gasteiger partial charge in [0.2, 0.25) is 0 Å². The number of nitrogens with two attached hydrogens (primary N) is 2. The fourth-order valence-corrected chi connectivity index (χ4v) is 4.12. The number of nitrogen functional groups attached to an aromatic ring is 2. The van der Waals surface area contributed by atoms with Gasteiger partial charge in [0, 0.05) is 11.4 Å². The molecule has 0 aliphatic heterocycles. The van der Waals surface area contributed by atoms with Gasteiger partial charge < -0.3 is 20.5 Å². The SMILES string of the molecule is Nc1ccc(COP(=O)(Cc2ccccc2)OCc2ccc(N)cc2)cc1. The highest BCUT2D eigenvalue weighted by Gasteiger charge is 2.25. The van der Waals surface area contributed by atoms with E-state index in [1.165, 1.54) is 0 Å². The molecule has 0 radical (unpaired) electrons. The Bertz CT molecular complexity index is 843. The predicted molar refractivity (Wildman–Crippen MR) is 109 cm³/mol. The van der Waals surface area contributed by atoms with Gasteiger partial charge in [0.25, 0.3) is 0 Å². The van der Waals surface area contributed by atoms with Gasteiger partial charge in [-0.05, 0) is 41.0 Å². The summed E-state index contributed by atoms with van der Waals surface area (Å²) in [5, 5.41) is 0. The predicted octanol–water partition coefficient (Wildman–Crippen LogP) is 4.98. The van der Waals surface area contributed by atoms with E-state index in [1.807, 2.05) is 54.6 Å². The molecule has 0 saturated carbocycles. The molecule has 3 aromatic carbocycles. The highest BCUT2D eigenvalue weighted by molar-refractivity contribution is 7.52. The van der Waals surface area contributed by atoms with Crippen LogP contribution in [0.1, 0.15) is 16.7 Å². The fraction of sp³-hybridized carbons (Fsp3) is 0.143. The molecule has 0 bridgehead atoms. The topological polar surface area (TPSA) is 87.6 Å². The average Bonchev–Trinajstić information content (AvgIpc) is 2.68. The first-order valence-corrected chi connectivity index (χ1v) is 10.4. The Kier molecular flexibility index (Phi) is 6.30. The third-order valence-electron chi connectivity index (χ3n) is 4.03. The van der Waals surface area contributed by atoms with Crippen LogP contribution < -0.4 is 11.5 Å². The zero-order valence-corrected chi connectivity index (χ0v) is 15.8. The Morgan fingerprint density at radius 2 is 1.07 bits per heavy atom. The van der Waals surface area contributed by atoms with E-state index in [2.05, 4.69) is 0 Å². The Balaban J connectivity index is 1.71. The second-order valence-corrected chi connectivity index (χ2v) is 8.34. The van der Waals surface area contributed by atoms with Crippen molar-refractivity contribution >= 4 is 19.0 Å². The molecule has 0 aliphatic rings. The molecular formula is C21H23N2O3P. The second kappa shape index (κ2) is 8.87. The van der Waals surface area contributed by atoms with E-state index in [4.69, 9.17) is 20.5 Å². The summed E-state index contributed by atoms with van der Waals surface area (Å²) in [6.07, 6.45) is 0.206. The highest BCUT2D eigenvalue weighted by atomic mass is 31.2. The van der Waals surface area contributed by atoms with Crippen LogP contribution in [0.2, 0.25) is 0 Å². The van der Waals surface area contributed by atoms with Gasteiger partial charge in [0.05, 0.1) is 19.4 Å². The molecule has 0 aromatic heterocycles. The molecule has 3 aromatic rings. The van der Waals surface area contributed by atoms with Gasteiger partial charge in [-0.3, -0.25) is 4.57 Å². The van der Waals surface area contributed by atoms with Gasteiger partial charge in [-0.2, -0.15) is 0 Å².